The van der Waals surface area contributed by atoms with Crippen LogP contribution in [0.25, 0.3) is 0 Å². The van der Waals surface area contributed by atoms with Crippen molar-refractivity contribution in [1.29, 1.82) is 0 Å². The van der Waals surface area contributed by atoms with Gasteiger partial charge in [-0.05, 0) is 42.4 Å². The van der Waals surface area contributed by atoms with E-state index >= 15 is 0 Å². The van der Waals surface area contributed by atoms with Gasteiger partial charge in [-0.3, -0.25) is 9.59 Å². The van der Waals surface area contributed by atoms with Crippen molar-refractivity contribution in [1.82, 2.24) is 0 Å². The number of rotatable bonds is 1. The Hall–Kier alpha value is -1.12. The van der Waals surface area contributed by atoms with Gasteiger partial charge in [0.1, 0.15) is 5.41 Å². The van der Waals surface area contributed by atoms with Crippen LogP contribution < -0.4 is 0 Å². The highest BCUT2D eigenvalue weighted by molar-refractivity contribution is 6.06. The van der Waals surface area contributed by atoms with Gasteiger partial charge in [0.05, 0.1) is 7.11 Å². The Labute approximate surface area is 146 Å². The first kappa shape index (κ1) is 17.7. The molecule has 0 aliphatic heterocycles. The SMILES string of the molecule is COC(=O)[C@@]12C(=O)CCC(C)(C)[C@@H]1CC=C1C(C)(C)CCC[C@@]12C. The fourth-order valence-electron chi connectivity index (χ4n) is 6.46. The molecule has 0 unspecified atom stereocenters. The Balaban J connectivity index is 2.31. The third-order valence-electron chi connectivity index (χ3n) is 7.64. The summed E-state index contributed by atoms with van der Waals surface area (Å²) in [5.74, 6) is -0.151. The summed E-state index contributed by atoms with van der Waals surface area (Å²) in [7, 11) is 1.44. The first-order valence-corrected chi connectivity index (χ1v) is 9.37. The number of carbonyl (C=O) groups excluding carboxylic acids is 2. The third kappa shape index (κ3) is 1.96. The molecule has 0 aromatic rings. The molecule has 24 heavy (non-hydrogen) atoms. The molecule has 134 valence electrons. The number of methoxy groups -OCH3 is 1. The second-order valence-corrected chi connectivity index (χ2v) is 9.69. The summed E-state index contributed by atoms with van der Waals surface area (Å²) in [6.45, 7) is 11.1. The molecule has 0 spiro atoms. The quantitative estimate of drug-likeness (QED) is 0.397. The van der Waals surface area contributed by atoms with Gasteiger partial charge in [-0.25, -0.2) is 0 Å². The van der Waals surface area contributed by atoms with Crippen molar-refractivity contribution in [2.24, 2.45) is 27.6 Å². The van der Waals surface area contributed by atoms with Gasteiger partial charge in [-0.1, -0.05) is 52.7 Å². The van der Waals surface area contributed by atoms with Crippen LogP contribution in [0.1, 0.15) is 73.1 Å². The molecule has 0 aromatic carbocycles. The molecule has 0 radical (unpaired) electrons. The van der Waals surface area contributed by atoms with E-state index in [4.69, 9.17) is 4.74 Å². The zero-order valence-electron chi connectivity index (χ0n) is 16.1. The molecule has 3 nitrogen and oxygen atoms in total. The predicted octanol–water partition coefficient (Wildman–Crippen LogP) is 4.70. The highest BCUT2D eigenvalue weighted by Crippen LogP contribution is 2.69. The molecular formula is C21H32O3. The van der Waals surface area contributed by atoms with Crippen molar-refractivity contribution in [3.63, 3.8) is 0 Å². The summed E-state index contributed by atoms with van der Waals surface area (Å²) in [6.07, 6.45) is 7.59. The number of hydrogen-bond acceptors (Lipinski definition) is 3. The van der Waals surface area contributed by atoms with Crippen molar-refractivity contribution in [3.8, 4) is 0 Å². The van der Waals surface area contributed by atoms with Crippen LogP contribution in [-0.2, 0) is 14.3 Å². The first-order valence-electron chi connectivity index (χ1n) is 9.37. The van der Waals surface area contributed by atoms with Gasteiger partial charge < -0.3 is 4.74 Å². The molecule has 2 saturated carbocycles. The van der Waals surface area contributed by atoms with Crippen molar-refractivity contribution in [3.05, 3.63) is 11.6 Å². The fraction of sp³-hybridized carbons (Fsp3) is 0.810. The van der Waals surface area contributed by atoms with Crippen molar-refractivity contribution >= 4 is 11.8 Å². The second kappa shape index (κ2) is 5.19. The van der Waals surface area contributed by atoms with E-state index in [1.54, 1.807) is 0 Å². The molecule has 2 fully saturated rings. The minimum absolute atomic E-state index is 0.0290. The van der Waals surface area contributed by atoms with Crippen LogP contribution in [0.5, 0.6) is 0 Å². The minimum atomic E-state index is -1.01. The number of ether oxygens (including phenoxy) is 1. The lowest BCUT2D eigenvalue weighted by Crippen LogP contribution is -2.66. The van der Waals surface area contributed by atoms with Crippen molar-refractivity contribution in [2.45, 2.75) is 73.1 Å². The lowest BCUT2D eigenvalue weighted by atomic mass is 9.38. The minimum Gasteiger partial charge on any atom is -0.468 e. The van der Waals surface area contributed by atoms with Gasteiger partial charge in [0, 0.05) is 11.8 Å². The molecule has 0 saturated heterocycles. The third-order valence-corrected chi connectivity index (χ3v) is 7.64. The van der Waals surface area contributed by atoms with Crippen molar-refractivity contribution in [2.75, 3.05) is 7.11 Å². The van der Waals surface area contributed by atoms with E-state index in [0.29, 0.717) is 6.42 Å². The summed E-state index contributed by atoms with van der Waals surface area (Å²) in [5, 5.41) is 0. The van der Waals surface area contributed by atoms with Crippen molar-refractivity contribution < 1.29 is 14.3 Å². The van der Waals surface area contributed by atoms with E-state index in [1.807, 2.05) is 0 Å². The van der Waals surface area contributed by atoms with Gasteiger partial charge >= 0.3 is 5.97 Å². The zero-order valence-corrected chi connectivity index (χ0v) is 16.1. The molecular weight excluding hydrogens is 300 g/mol. The maximum absolute atomic E-state index is 13.4. The van der Waals surface area contributed by atoms with Crippen LogP contribution in [0.2, 0.25) is 0 Å². The Morgan fingerprint density at radius 1 is 1.12 bits per heavy atom. The molecule has 3 atom stereocenters. The molecule has 3 aliphatic carbocycles. The largest absolute Gasteiger partial charge is 0.468 e. The second-order valence-electron chi connectivity index (χ2n) is 9.69. The lowest BCUT2D eigenvalue weighted by Gasteiger charge is -2.63. The average Bonchev–Trinajstić information content (AvgIpc) is 2.49. The number of esters is 1. The van der Waals surface area contributed by atoms with Gasteiger partial charge in [0.15, 0.2) is 5.78 Å². The summed E-state index contributed by atoms with van der Waals surface area (Å²) >= 11 is 0. The van der Waals surface area contributed by atoms with Crippen LogP contribution in [-0.4, -0.2) is 18.9 Å². The van der Waals surface area contributed by atoms with Crippen LogP contribution in [0, 0.1) is 27.6 Å². The Morgan fingerprint density at radius 2 is 1.79 bits per heavy atom. The van der Waals surface area contributed by atoms with E-state index in [1.165, 1.54) is 12.7 Å². The van der Waals surface area contributed by atoms with Gasteiger partial charge in [-0.15, -0.1) is 0 Å². The van der Waals surface area contributed by atoms with E-state index in [-0.39, 0.29) is 28.5 Å². The number of fused-ring (bicyclic) bond motifs is 3. The monoisotopic (exact) mass is 332 g/mol. The van der Waals surface area contributed by atoms with E-state index in [2.05, 4.69) is 40.7 Å². The summed E-state index contributed by atoms with van der Waals surface area (Å²) in [4.78, 5) is 26.6. The van der Waals surface area contributed by atoms with E-state index < -0.39 is 10.8 Å². The molecule has 3 aliphatic rings. The molecule has 0 amide bonds. The molecule has 3 rings (SSSR count). The number of ketones is 1. The van der Waals surface area contributed by atoms with E-state index in [0.717, 1.165) is 32.1 Å². The molecule has 3 heteroatoms. The Kier molecular flexibility index (Phi) is 3.83. The zero-order chi connectivity index (χ0) is 18.0. The number of Topliss-reactive ketones (excluding diaryl/α,β-unsaturated/α-hetero) is 1. The highest BCUT2D eigenvalue weighted by atomic mass is 16.5. The molecule has 0 heterocycles. The smallest absolute Gasteiger partial charge is 0.320 e. The van der Waals surface area contributed by atoms with Gasteiger partial charge in [0.2, 0.25) is 0 Å². The first-order chi connectivity index (χ1) is 11.0. The topological polar surface area (TPSA) is 43.4 Å². The normalized spacial score (nSPS) is 40.2. The maximum atomic E-state index is 13.4. The molecule has 0 N–H and O–H groups in total. The summed E-state index contributed by atoms with van der Waals surface area (Å²) in [5.41, 5.74) is -0.102. The fourth-order valence-corrected chi connectivity index (χ4v) is 6.46. The van der Waals surface area contributed by atoms with Gasteiger partial charge in [0.25, 0.3) is 0 Å². The van der Waals surface area contributed by atoms with Crippen LogP contribution in [0.15, 0.2) is 11.6 Å². The van der Waals surface area contributed by atoms with Crippen LogP contribution in [0.3, 0.4) is 0 Å². The van der Waals surface area contributed by atoms with Crippen LogP contribution >= 0.6 is 0 Å². The average molecular weight is 332 g/mol. The van der Waals surface area contributed by atoms with Crippen LogP contribution in [0.4, 0.5) is 0 Å². The summed E-state index contributed by atoms with van der Waals surface area (Å²) in [6, 6.07) is 0. The number of allylic oxidation sites excluding steroid dienone is 2. The number of hydrogen-bond donors (Lipinski definition) is 0. The Morgan fingerprint density at radius 3 is 2.42 bits per heavy atom. The predicted molar refractivity (Wildman–Crippen MR) is 94.4 cm³/mol. The Bertz CT molecular complexity index is 603. The lowest BCUT2D eigenvalue weighted by molar-refractivity contribution is -0.187. The maximum Gasteiger partial charge on any atom is 0.320 e. The standard InChI is InChI=1S/C21H32O3/c1-18(2)11-7-12-20(5)14(18)8-9-15-19(3,4)13-10-16(22)21(15,20)17(23)24-6/h8,15H,7,9-13H2,1-6H3/t15-,20-,21-/m0/s1. The van der Waals surface area contributed by atoms with Gasteiger partial charge in [-0.2, -0.15) is 0 Å². The molecule has 0 bridgehead atoms. The summed E-state index contributed by atoms with van der Waals surface area (Å²) < 4.78 is 5.31. The molecule has 0 aromatic heterocycles. The highest BCUT2D eigenvalue weighted by Gasteiger charge is 2.71. The number of carbonyl (C=O) groups is 2. The van der Waals surface area contributed by atoms with E-state index in [9.17, 15) is 9.59 Å².